The zero-order valence-electron chi connectivity index (χ0n) is 11.9. The number of ether oxygens (including phenoxy) is 1. The third-order valence-electron chi connectivity index (χ3n) is 2.58. The fourth-order valence-corrected chi connectivity index (χ4v) is 1.51. The molecule has 2 amide bonds. The van der Waals surface area contributed by atoms with Crippen LogP contribution in [0.5, 0.6) is 11.5 Å². The largest absolute Gasteiger partial charge is 0.504 e. The Kier molecular flexibility index (Phi) is 5.83. The maximum Gasteiger partial charge on any atom is 0.255 e. The van der Waals surface area contributed by atoms with Crippen molar-refractivity contribution in [1.82, 2.24) is 10.6 Å². The second-order valence-electron chi connectivity index (χ2n) is 4.74. The van der Waals surface area contributed by atoms with E-state index < -0.39 is 5.91 Å². The lowest BCUT2D eigenvalue weighted by Gasteiger charge is -2.10. The molecule has 0 fully saturated rings. The number of carbonyl (C=O) groups excluding carboxylic acids is 2. The van der Waals surface area contributed by atoms with E-state index in [-0.39, 0.29) is 29.5 Å². The van der Waals surface area contributed by atoms with Crippen molar-refractivity contribution in [3.8, 4) is 11.5 Å². The number of phenols is 1. The number of para-hydroxylation sites is 1. The molecule has 0 unspecified atom stereocenters. The normalized spacial score (nSPS) is 10.2. The first-order chi connectivity index (χ1) is 9.45. The third-order valence-corrected chi connectivity index (χ3v) is 2.58. The number of hydrogen-bond acceptors (Lipinski definition) is 4. The molecule has 110 valence electrons. The zero-order chi connectivity index (χ0) is 15.1. The smallest absolute Gasteiger partial charge is 0.255 e. The van der Waals surface area contributed by atoms with Crippen LogP contribution in [0.4, 0.5) is 0 Å². The van der Waals surface area contributed by atoms with E-state index in [4.69, 9.17) is 4.74 Å². The summed E-state index contributed by atoms with van der Waals surface area (Å²) in [6.45, 7) is 4.38. The van der Waals surface area contributed by atoms with Crippen molar-refractivity contribution < 1.29 is 19.4 Å². The van der Waals surface area contributed by atoms with Gasteiger partial charge in [0.05, 0.1) is 19.2 Å². The molecule has 0 radical (unpaired) electrons. The number of benzene rings is 1. The minimum atomic E-state index is -0.527. The summed E-state index contributed by atoms with van der Waals surface area (Å²) < 4.78 is 4.92. The van der Waals surface area contributed by atoms with Crippen LogP contribution in [0.1, 0.15) is 24.2 Å². The van der Waals surface area contributed by atoms with Gasteiger partial charge in [-0.25, -0.2) is 0 Å². The molecule has 0 heterocycles. The Morgan fingerprint density at radius 2 is 2.00 bits per heavy atom. The average Bonchev–Trinajstić information content (AvgIpc) is 2.42. The predicted octanol–water partition coefficient (Wildman–Crippen LogP) is 0.903. The van der Waals surface area contributed by atoms with Gasteiger partial charge in [-0.05, 0) is 18.1 Å². The monoisotopic (exact) mass is 280 g/mol. The third kappa shape index (κ3) is 4.46. The second kappa shape index (κ2) is 7.37. The van der Waals surface area contributed by atoms with Crippen LogP contribution < -0.4 is 15.4 Å². The first-order valence-corrected chi connectivity index (χ1v) is 6.36. The number of rotatable bonds is 6. The van der Waals surface area contributed by atoms with Crippen molar-refractivity contribution in [2.24, 2.45) is 5.92 Å². The molecule has 6 heteroatoms. The molecule has 6 nitrogen and oxygen atoms in total. The molecule has 1 aromatic rings. The molecule has 0 aliphatic rings. The van der Waals surface area contributed by atoms with E-state index in [1.807, 2.05) is 13.8 Å². The SMILES string of the molecule is COc1cccc(C(=O)NCC(=O)NCC(C)C)c1O. The molecule has 0 spiro atoms. The molecule has 0 aliphatic carbocycles. The summed E-state index contributed by atoms with van der Waals surface area (Å²) in [5.74, 6) is -0.482. The van der Waals surface area contributed by atoms with Gasteiger partial charge >= 0.3 is 0 Å². The highest BCUT2D eigenvalue weighted by Crippen LogP contribution is 2.28. The van der Waals surface area contributed by atoms with Gasteiger partial charge in [0.15, 0.2) is 11.5 Å². The summed E-state index contributed by atoms with van der Waals surface area (Å²) in [5, 5.41) is 14.9. The van der Waals surface area contributed by atoms with Crippen molar-refractivity contribution in [3.05, 3.63) is 23.8 Å². The highest BCUT2D eigenvalue weighted by atomic mass is 16.5. The topological polar surface area (TPSA) is 87.7 Å². The Morgan fingerprint density at radius 3 is 2.60 bits per heavy atom. The summed E-state index contributed by atoms with van der Waals surface area (Å²) in [6, 6.07) is 4.59. The van der Waals surface area contributed by atoms with Crippen LogP contribution in [0.3, 0.4) is 0 Å². The highest BCUT2D eigenvalue weighted by Gasteiger charge is 2.15. The maximum absolute atomic E-state index is 11.9. The summed E-state index contributed by atoms with van der Waals surface area (Å²) in [6.07, 6.45) is 0. The van der Waals surface area contributed by atoms with Gasteiger partial charge in [0.25, 0.3) is 5.91 Å². The number of methoxy groups -OCH3 is 1. The van der Waals surface area contributed by atoms with E-state index in [9.17, 15) is 14.7 Å². The Bertz CT molecular complexity index is 486. The van der Waals surface area contributed by atoms with Gasteiger partial charge in [-0.2, -0.15) is 0 Å². The van der Waals surface area contributed by atoms with Crippen LogP contribution in [0, 0.1) is 5.92 Å². The Labute approximate surface area is 118 Å². The summed E-state index contributed by atoms with van der Waals surface area (Å²) >= 11 is 0. The van der Waals surface area contributed by atoms with Gasteiger partial charge in [-0.15, -0.1) is 0 Å². The number of hydrogen-bond donors (Lipinski definition) is 3. The first kappa shape index (κ1) is 15.8. The molecular formula is C14H20N2O4. The molecule has 0 bridgehead atoms. The second-order valence-corrected chi connectivity index (χ2v) is 4.74. The van der Waals surface area contributed by atoms with E-state index in [0.717, 1.165) is 0 Å². The van der Waals surface area contributed by atoms with Crippen molar-refractivity contribution in [1.29, 1.82) is 0 Å². The predicted molar refractivity (Wildman–Crippen MR) is 74.8 cm³/mol. The van der Waals surface area contributed by atoms with Crippen molar-refractivity contribution in [3.63, 3.8) is 0 Å². The van der Waals surface area contributed by atoms with Gasteiger partial charge in [0, 0.05) is 6.54 Å². The number of phenolic OH excluding ortho intramolecular Hbond substituents is 1. The Hall–Kier alpha value is -2.24. The van der Waals surface area contributed by atoms with Crippen molar-refractivity contribution in [2.45, 2.75) is 13.8 Å². The van der Waals surface area contributed by atoms with Crippen molar-refractivity contribution in [2.75, 3.05) is 20.2 Å². The highest BCUT2D eigenvalue weighted by molar-refractivity contribution is 5.99. The Morgan fingerprint density at radius 1 is 1.30 bits per heavy atom. The van der Waals surface area contributed by atoms with Crippen LogP contribution in [0.25, 0.3) is 0 Å². The number of carbonyl (C=O) groups is 2. The molecular weight excluding hydrogens is 260 g/mol. The summed E-state index contributed by atoms with van der Waals surface area (Å²) in [4.78, 5) is 23.3. The molecule has 0 aromatic heterocycles. The van der Waals surface area contributed by atoms with Gasteiger partial charge in [0.1, 0.15) is 0 Å². The van der Waals surface area contributed by atoms with E-state index in [0.29, 0.717) is 12.5 Å². The maximum atomic E-state index is 11.9. The lowest BCUT2D eigenvalue weighted by atomic mass is 10.1. The first-order valence-electron chi connectivity index (χ1n) is 6.36. The van der Waals surface area contributed by atoms with Crippen molar-refractivity contribution >= 4 is 11.8 Å². The average molecular weight is 280 g/mol. The molecule has 3 N–H and O–H groups in total. The number of nitrogens with one attached hydrogen (secondary N) is 2. The molecule has 1 rings (SSSR count). The fraction of sp³-hybridized carbons (Fsp3) is 0.429. The standard InChI is InChI=1S/C14H20N2O4/c1-9(2)7-15-12(17)8-16-14(19)10-5-4-6-11(20-3)13(10)18/h4-6,9,18H,7-8H2,1-3H3,(H,15,17)(H,16,19). The van der Waals surface area contributed by atoms with E-state index in [1.54, 1.807) is 12.1 Å². The molecule has 0 atom stereocenters. The number of amides is 2. The molecule has 0 saturated carbocycles. The van der Waals surface area contributed by atoms with E-state index >= 15 is 0 Å². The van der Waals surface area contributed by atoms with Crippen LogP contribution in [0.2, 0.25) is 0 Å². The van der Waals surface area contributed by atoms with Crippen LogP contribution in [0.15, 0.2) is 18.2 Å². The van der Waals surface area contributed by atoms with Gasteiger partial charge < -0.3 is 20.5 Å². The van der Waals surface area contributed by atoms with E-state index in [2.05, 4.69) is 10.6 Å². The van der Waals surface area contributed by atoms with Crippen LogP contribution in [-0.2, 0) is 4.79 Å². The molecule has 1 aromatic carbocycles. The summed E-state index contributed by atoms with van der Waals surface area (Å²) in [5.41, 5.74) is 0.0704. The van der Waals surface area contributed by atoms with Crippen LogP contribution >= 0.6 is 0 Å². The molecule has 20 heavy (non-hydrogen) atoms. The zero-order valence-corrected chi connectivity index (χ0v) is 11.9. The quantitative estimate of drug-likeness (QED) is 0.722. The molecule has 0 aliphatic heterocycles. The summed E-state index contributed by atoms with van der Waals surface area (Å²) in [7, 11) is 1.40. The van der Waals surface area contributed by atoms with Gasteiger partial charge in [0.2, 0.25) is 5.91 Å². The van der Waals surface area contributed by atoms with Crippen LogP contribution in [-0.4, -0.2) is 37.1 Å². The van der Waals surface area contributed by atoms with E-state index in [1.165, 1.54) is 13.2 Å². The minimum Gasteiger partial charge on any atom is -0.504 e. The van der Waals surface area contributed by atoms with Gasteiger partial charge in [-0.3, -0.25) is 9.59 Å². The Balaban J connectivity index is 2.57. The minimum absolute atomic E-state index is 0.0704. The number of aromatic hydroxyl groups is 1. The lowest BCUT2D eigenvalue weighted by Crippen LogP contribution is -2.38. The molecule has 0 saturated heterocycles. The lowest BCUT2D eigenvalue weighted by molar-refractivity contribution is -0.120. The van der Waals surface area contributed by atoms with Gasteiger partial charge in [-0.1, -0.05) is 19.9 Å². The fourth-order valence-electron chi connectivity index (χ4n) is 1.51.